The van der Waals surface area contributed by atoms with Gasteiger partial charge in [0.05, 0.1) is 0 Å². The van der Waals surface area contributed by atoms with Gasteiger partial charge in [-0.05, 0) is 35.7 Å². The molecule has 0 saturated carbocycles. The van der Waals surface area contributed by atoms with Gasteiger partial charge < -0.3 is 5.32 Å². The molecule has 16 heavy (non-hydrogen) atoms. The Morgan fingerprint density at radius 2 is 2.12 bits per heavy atom. The van der Waals surface area contributed by atoms with Crippen LogP contribution in [0.4, 0.5) is 0 Å². The zero-order chi connectivity index (χ0) is 10.8. The molecule has 0 amide bonds. The molecule has 0 saturated heterocycles. The standard InChI is InChI=1S/C14H14N2/c1-3-11-6-8-16-10-14(11)13(5-1)12-4-2-7-15-9-12/h1-5,7,9,16H,6,8,10H2. The average Bonchev–Trinajstić information content (AvgIpc) is 2.39. The van der Waals surface area contributed by atoms with Gasteiger partial charge in [-0.3, -0.25) is 4.98 Å². The summed E-state index contributed by atoms with van der Waals surface area (Å²) >= 11 is 0. The summed E-state index contributed by atoms with van der Waals surface area (Å²) in [7, 11) is 0. The van der Waals surface area contributed by atoms with Crippen molar-refractivity contribution in [2.75, 3.05) is 6.54 Å². The molecule has 1 aliphatic rings. The van der Waals surface area contributed by atoms with Crippen molar-refractivity contribution < 1.29 is 0 Å². The molecule has 0 spiro atoms. The predicted octanol–water partition coefficient (Wildman–Crippen LogP) is 2.39. The zero-order valence-electron chi connectivity index (χ0n) is 9.11. The van der Waals surface area contributed by atoms with Crippen molar-refractivity contribution in [3.8, 4) is 11.1 Å². The Balaban J connectivity index is 2.14. The second-order valence-corrected chi connectivity index (χ2v) is 4.11. The number of hydrogen-bond donors (Lipinski definition) is 1. The van der Waals surface area contributed by atoms with E-state index in [1.54, 1.807) is 0 Å². The van der Waals surface area contributed by atoms with Crippen molar-refractivity contribution in [2.24, 2.45) is 0 Å². The van der Waals surface area contributed by atoms with E-state index in [2.05, 4.69) is 34.6 Å². The van der Waals surface area contributed by atoms with Gasteiger partial charge >= 0.3 is 0 Å². The molecule has 1 aromatic heterocycles. The third-order valence-electron chi connectivity index (χ3n) is 3.12. The van der Waals surface area contributed by atoms with Crippen molar-refractivity contribution in [1.82, 2.24) is 10.3 Å². The number of pyridine rings is 1. The molecule has 80 valence electrons. The largest absolute Gasteiger partial charge is 0.312 e. The van der Waals surface area contributed by atoms with Gasteiger partial charge in [-0.25, -0.2) is 0 Å². The highest BCUT2D eigenvalue weighted by Crippen LogP contribution is 2.27. The Bertz CT molecular complexity index is 491. The lowest BCUT2D eigenvalue weighted by molar-refractivity contribution is 0.645. The first-order chi connectivity index (χ1) is 7.95. The monoisotopic (exact) mass is 210 g/mol. The van der Waals surface area contributed by atoms with Crippen LogP contribution in [0.2, 0.25) is 0 Å². The molecule has 0 fully saturated rings. The van der Waals surface area contributed by atoms with E-state index in [-0.39, 0.29) is 0 Å². The van der Waals surface area contributed by atoms with Crippen molar-refractivity contribution >= 4 is 0 Å². The van der Waals surface area contributed by atoms with Gasteiger partial charge in [-0.2, -0.15) is 0 Å². The molecular formula is C14H14N2. The molecule has 2 heteroatoms. The Hall–Kier alpha value is -1.67. The van der Waals surface area contributed by atoms with Crippen molar-refractivity contribution in [3.63, 3.8) is 0 Å². The summed E-state index contributed by atoms with van der Waals surface area (Å²) in [6.07, 6.45) is 4.88. The van der Waals surface area contributed by atoms with Crippen LogP contribution >= 0.6 is 0 Å². The Labute approximate surface area is 95.3 Å². The molecule has 1 aromatic carbocycles. The lowest BCUT2D eigenvalue weighted by Gasteiger charge is -2.20. The van der Waals surface area contributed by atoms with Gasteiger partial charge in [0.2, 0.25) is 0 Å². The van der Waals surface area contributed by atoms with Crippen LogP contribution in [0.3, 0.4) is 0 Å². The average molecular weight is 210 g/mol. The second-order valence-electron chi connectivity index (χ2n) is 4.11. The summed E-state index contributed by atoms with van der Waals surface area (Å²) in [5, 5.41) is 3.43. The fourth-order valence-electron chi connectivity index (χ4n) is 2.31. The highest BCUT2D eigenvalue weighted by Gasteiger charge is 2.12. The van der Waals surface area contributed by atoms with Gasteiger partial charge in [0.1, 0.15) is 0 Å². The maximum Gasteiger partial charge on any atom is 0.0346 e. The van der Waals surface area contributed by atoms with Crippen molar-refractivity contribution in [1.29, 1.82) is 0 Å². The smallest absolute Gasteiger partial charge is 0.0346 e. The molecule has 2 nitrogen and oxygen atoms in total. The Kier molecular flexibility index (Phi) is 2.43. The Morgan fingerprint density at radius 3 is 3.00 bits per heavy atom. The highest BCUT2D eigenvalue weighted by molar-refractivity contribution is 5.68. The Morgan fingerprint density at radius 1 is 1.12 bits per heavy atom. The molecule has 0 radical (unpaired) electrons. The zero-order valence-corrected chi connectivity index (χ0v) is 9.11. The summed E-state index contributed by atoms with van der Waals surface area (Å²) in [5.74, 6) is 0. The maximum absolute atomic E-state index is 4.19. The summed E-state index contributed by atoms with van der Waals surface area (Å²) < 4.78 is 0. The van der Waals surface area contributed by atoms with Crippen LogP contribution in [-0.4, -0.2) is 11.5 Å². The first-order valence-electron chi connectivity index (χ1n) is 5.67. The fraction of sp³-hybridized carbons (Fsp3) is 0.214. The van der Waals surface area contributed by atoms with E-state index in [9.17, 15) is 0 Å². The van der Waals surface area contributed by atoms with Crippen LogP contribution in [0.25, 0.3) is 11.1 Å². The van der Waals surface area contributed by atoms with E-state index in [4.69, 9.17) is 0 Å². The molecular weight excluding hydrogens is 196 g/mol. The van der Waals surface area contributed by atoms with Gasteiger partial charge in [0, 0.05) is 24.5 Å². The van der Waals surface area contributed by atoms with Crippen LogP contribution < -0.4 is 5.32 Å². The summed E-state index contributed by atoms with van der Waals surface area (Å²) in [5.41, 5.74) is 5.43. The van der Waals surface area contributed by atoms with Crippen LogP contribution in [-0.2, 0) is 13.0 Å². The summed E-state index contributed by atoms with van der Waals surface area (Å²) in [6, 6.07) is 10.7. The molecule has 0 bridgehead atoms. The summed E-state index contributed by atoms with van der Waals surface area (Å²) in [6.45, 7) is 2.06. The number of fused-ring (bicyclic) bond motifs is 1. The minimum absolute atomic E-state index is 0.973. The molecule has 1 N–H and O–H groups in total. The van der Waals surface area contributed by atoms with Crippen molar-refractivity contribution in [3.05, 3.63) is 53.9 Å². The maximum atomic E-state index is 4.19. The van der Waals surface area contributed by atoms with Crippen LogP contribution in [0.15, 0.2) is 42.7 Å². The van der Waals surface area contributed by atoms with E-state index < -0.39 is 0 Å². The molecule has 0 aliphatic carbocycles. The number of benzene rings is 1. The number of hydrogen-bond acceptors (Lipinski definition) is 2. The quantitative estimate of drug-likeness (QED) is 0.781. The third-order valence-corrected chi connectivity index (χ3v) is 3.12. The minimum atomic E-state index is 0.973. The van der Waals surface area contributed by atoms with E-state index in [1.807, 2.05) is 18.5 Å². The number of nitrogens with one attached hydrogen (secondary N) is 1. The predicted molar refractivity (Wildman–Crippen MR) is 65.1 cm³/mol. The topological polar surface area (TPSA) is 24.9 Å². The van der Waals surface area contributed by atoms with Gasteiger partial charge in [0.15, 0.2) is 0 Å². The second kappa shape index (κ2) is 4.06. The third kappa shape index (κ3) is 1.61. The van der Waals surface area contributed by atoms with E-state index >= 15 is 0 Å². The van der Waals surface area contributed by atoms with E-state index in [0.29, 0.717) is 0 Å². The molecule has 1 aliphatic heterocycles. The van der Waals surface area contributed by atoms with Crippen LogP contribution in [0, 0.1) is 0 Å². The van der Waals surface area contributed by atoms with Gasteiger partial charge in [-0.15, -0.1) is 0 Å². The van der Waals surface area contributed by atoms with Gasteiger partial charge in [0.25, 0.3) is 0 Å². The van der Waals surface area contributed by atoms with E-state index in [0.717, 1.165) is 19.5 Å². The first kappa shape index (κ1) is 9.55. The lowest BCUT2D eigenvalue weighted by Crippen LogP contribution is -2.24. The number of aromatic nitrogens is 1. The van der Waals surface area contributed by atoms with Crippen LogP contribution in [0.1, 0.15) is 11.1 Å². The molecule has 0 unspecified atom stereocenters. The number of rotatable bonds is 1. The van der Waals surface area contributed by atoms with E-state index in [1.165, 1.54) is 22.3 Å². The number of nitrogens with zero attached hydrogens (tertiary/aromatic N) is 1. The normalized spacial score (nSPS) is 14.5. The SMILES string of the molecule is c1cncc(-c2cccc3c2CNCC3)c1. The molecule has 0 atom stereocenters. The molecule has 2 heterocycles. The molecule has 2 aromatic rings. The fourth-order valence-corrected chi connectivity index (χ4v) is 2.31. The van der Waals surface area contributed by atoms with Crippen molar-refractivity contribution in [2.45, 2.75) is 13.0 Å². The molecule has 3 rings (SSSR count). The summed E-state index contributed by atoms with van der Waals surface area (Å²) in [4.78, 5) is 4.19. The highest BCUT2D eigenvalue weighted by atomic mass is 14.9. The van der Waals surface area contributed by atoms with Gasteiger partial charge in [-0.1, -0.05) is 24.3 Å². The minimum Gasteiger partial charge on any atom is -0.312 e. The van der Waals surface area contributed by atoms with Crippen LogP contribution in [0.5, 0.6) is 0 Å². The lowest BCUT2D eigenvalue weighted by atomic mass is 9.93. The first-order valence-corrected chi connectivity index (χ1v) is 5.67.